The molecule has 1 aromatic heterocycles. The van der Waals surface area contributed by atoms with Crippen molar-refractivity contribution in [3.05, 3.63) is 173 Å². The van der Waals surface area contributed by atoms with Gasteiger partial charge in [-0.2, -0.15) is 0 Å². The predicted molar refractivity (Wildman–Crippen MR) is 230 cm³/mol. The molecule has 0 atom stereocenters. The Kier molecular flexibility index (Phi) is 16.3. The summed E-state index contributed by atoms with van der Waals surface area (Å²) in [6.45, 7) is 19.8. The number of nitrogens with zero attached hydrogens (tertiary/aromatic N) is 1. The Labute approximate surface area is 318 Å². The lowest BCUT2D eigenvalue weighted by molar-refractivity contribution is 0.470. The van der Waals surface area contributed by atoms with E-state index in [4.69, 9.17) is 4.99 Å². The molecule has 0 amide bonds. The van der Waals surface area contributed by atoms with E-state index in [0.29, 0.717) is 11.3 Å². The van der Waals surface area contributed by atoms with Crippen molar-refractivity contribution in [3.8, 4) is 45.0 Å². The van der Waals surface area contributed by atoms with E-state index in [0.717, 1.165) is 67.2 Å². The first-order chi connectivity index (χ1) is 26.0. The molecule has 2 heterocycles. The molecule has 7 rings (SSSR count). The lowest BCUT2D eigenvalue weighted by Gasteiger charge is -2.12. The van der Waals surface area contributed by atoms with Crippen LogP contribution in [0.15, 0.2) is 150 Å². The van der Waals surface area contributed by atoms with Crippen LogP contribution < -0.4 is 0 Å². The molecule has 0 saturated carbocycles. The van der Waals surface area contributed by atoms with Crippen LogP contribution in [0, 0.1) is 13.8 Å². The van der Waals surface area contributed by atoms with Gasteiger partial charge >= 0.3 is 0 Å². The molecule has 0 aliphatic carbocycles. The third-order valence-electron chi connectivity index (χ3n) is 8.30. The summed E-state index contributed by atoms with van der Waals surface area (Å²) in [5.41, 5.74) is 12.4. The Morgan fingerprint density at radius 3 is 1.45 bits per heavy atom. The third-order valence-corrected chi connectivity index (χ3v) is 8.30. The molecule has 53 heavy (non-hydrogen) atoms. The maximum absolute atomic E-state index is 11.1. The molecule has 4 heteroatoms. The highest BCUT2D eigenvalue weighted by molar-refractivity contribution is 6.14. The van der Waals surface area contributed by atoms with Gasteiger partial charge < -0.3 is 15.2 Å². The second-order valence-electron chi connectivity index (χ2n) is 11.4. The number of aromatic nitrogens is 1. The van der Waals surface area contributed by atoms with Gasteiger partial charge in [0.2, 0.25) is 0 Å². The van der Waals surface area contributed by atoms with Gasteiger partial charge in [-0.1, -0.05) is 146 Å². The lowest BCUT2D eigenvalue weighted by Crippen LogP contribution is -1.98. The van der Waals surface area contributed by atoms with Crippen molar-refractivity contribution in [2.45, 2.75) is 69.2 Å². The smallest absolute Gasteiger partial charge is 0.127 e. The number of phenolic OH excluding ortho intramolecular Hbond substituents is 2. The highest BCUT2D eigenvalue weighted by atomic mass is 16.3. The van der Waals surface area contributed by atoms with Gasteiger partial charge in [0.25, 0.3) is 0 Å². The van der Waals surface area contributed by atoms with E-state index in [2.05, 4.69) is 41.4 Å². The summed E-state index contributed by atoms with van der Waals surface area (Å²) in [6.07, 6.45) is 3.96. The summed E-state index contributed by atoms with van der Waals surface area (Å²) in [6, 6.07) is 42.6. The van der Waals surface area contributed by atoms with Crippen LogP contribution in [0.25, 0.3) is 39.1 Å². The van der Waals surface area contributed by atoms with Gasteiger partial charge in [-0.15, -0.1) is 0 Å². The average molecular weight is 705 g/mol. The molecule has 0 unspecified atom stereocenters. The minimum atomic E-state index is 0.229. The first-order valence-electron chi connectivity index (χ1n) is 19.0. The van der Waals surface area contributed by atoms with Crippen molar-refractivity contribution in [3.63, 3.8) is 0 Å². The van der Waals surface area contributed by atoms with Crippen LogP contribution in [-0.4, -0.2) is 20.9 Å². The Balaban J connectivity index is 0.000000887. The van der Waals surface area contributed by atoms with Crippen LogP contribution >= 0.6 is 0 Å². The number of aryl methyl sites for hydroxylation is 2. The van der Waals surface area contributed by atoms with Gasteiger partial charge in [0.15, 0.2) is 0 Å². The van der Waals surface area contributed by atoms with Crippen LogP contribution in [0.3, 0.4) is 0 Å². The molecule has 4 nitrogen and oxygen atoms in total. The SMILES string of the molecule is CC.CC.CC.CC.Cc1cc(-c2ccccc2)cc(C2=N/C(=C(/c3ccccc3)c3ccc(-c4cc(-c5ccccc5)cc(C)c4O)[nH]3)C=C2)c1O. The summed E-state index contributed by atoms with van der Waals surface area (Å²) in [7, 11) is 0. The zero-order valence-electron chi connectivity index (χ0n) is 33.1. The van der Waals surface area contributed by atoms with Crippen molar-refractivity contribution >= 4 is 11.3 Å². The quantitative estimate of drug-likeness (QED) is 0.162. The van der Waals surface area contributed by atoms with Gasteiger partial charge in [-0.3, -0.25) is 0 Å². The summed E-state index contributed by atoms with van der Waals surface area (Å²) < 4.78 is 0. The Bertz CT molecular complexity index is 2120. The first-order valence-corrected chi connectivity index (χ1v) is 19.0. The van der Waals surface area contributed by atoms with Crippen LogP contribution in [0.2, 0.25) is 0 Å². The predicted octanol–water partition coefficient (Wildman–Crippen LogP) is 14.0. The topological polar surface area (TPSA) is 68.6 Å². The number of benzene rings is 5. The first kappa shape index (κ1) is 41.5. The van der Waals surface area contributed by atoms with Crippen LogP contribution in [0.1, 0.15) is 83.3 Å². The minimum Gasteiger partial charge on any atom is -0.507 e. The fraction of sp³-hybridized carbons (Fsp3) is 0.204. The number of aromatic amines is 1. The molecule has 0 saturated heterocycles. The van der Waals surface area contributed by atoms with E-state index in [1.54, 1.807) is 0 Å². The van der Waals surface area contributed by atoms with Gasteiger partial charge in [-0.25, -0.2) is 4.99 Å². The number of allylic oxidation sites excluding steroid dienone is 2. The molecule has 0 bridgehead atoms. The average Bonchev–Trinajstić information content (AvgIpc) is 3.92. The van der Waals surface area contributed by atoms with Gasteiger partial charge in [0.1, 0.15) is 11.5 Å². The minimum absolute atomic E-state index is 0.229. The van der Waals surface area contributed by atoms with Crippen LogP contribution in [0.4, 0.5) is 0 Å². The van der Waals surface area contributed by atoms with Crippen molar-refractivity contribution < 1.29 is 10.2 Å². The molecule has 5 aromatic carbocycles. The van der Waals surface area contributed by atoms with E-state index in [1.165, 1.54) is 0 Å². The standard InChI is InChI=1S/C41H32N2O2.4C2H6/c1-26-22-31(28-12-6-3-7-13-28)24-33(40(26)44)35-18-20-37(42-35)39(30-16-10-5-11-17-30)38-21-19-36(43-38)34-25-32(23-27(2)41(34)45)29-14-8-4-9-15-29;4*1-2/h3-25,42,44-45H,1-2H3;4*1-2H3/b39-38-;;;;. The maximum atomic E-state index is 11.1. The van der Waals surface area contributed by atoms with Gasteiger partial charge in [0.05, 0.1) is 11.4 Å². The lowest BCUT2D eigenvalue weighted by atomic mass is 9.97. The number of aromatic hydroxyl groups is 2. The number of aliphatic imine (C=N–C) groups is 1. The molecule has 0 spiro atoms. The molecular weight excluding hydrogens is 649 g/mol. The second-order valence-corrected chi connectivity index (χ2v) is 11.4. The normalized spacial score (nSPS) is 12.0. The fourth-order valence-corrected chi connectivity index (χ4v) is 5.95. The molecule has 1 aliphatic rings. The summed E-state index contributed by atoms with van der Waals surface area (Å²) in [4.78, 5) is 8.66. The number of phenols is 2. The maximum Gasteiger partial charge on any atom is 0.127 e. The molecule has 0 radical (unpaired) electrons. The van der Waals surface area contributed by atoms with Crippen molar-refractivity contribution in [2.75, 3.05) is 0 Å². The number of hydrogen-bond acceptors (Lipinski definition) is 3. The summed E-state index contributed by atoms with van der Waals surface area (Å²) in [5.74, 6) is 0.481. The fourth-order valence-electron chi connectivity index (χ4n) is 5.95. The van der Waals surface area contributed by atoms with E-state index in [1.807, 2.05) is 172 Å². The van der Waals surface area contributed by atoms with E-state index in [9.17, 15) is 10.2 Å². The number of nitrogens with one attached hydrogen (secondary N) is 1. The molecular formula is C49H56N2O2. The zero-order valence-corrected chi connectivity index (χ0v) is 33.1. The summed E-state index contributed by atoms with van der Waals surface area (Å²) in [5, 5.41) is 22.2. The van der Waals surface area contributed by atoms with Crippen molar-refractivity contribution in [1.29, 1.82) is 0 Å². The Morgan fingerprint density at radius 2 is 0.943 bits per heavy atom. The zero-order chi connectivity index (χ0) is 38.9. The number of H-pyrrole nitrogens is 1. The monoisotopic (exact) mass is 704 g/mol. The van der Waals surface area contributed by atoms with Crippen molar-refractivity contribution in [1.82, 2.24) is 4.98 Å². The second kappa shape index (κ2) is 20.8. The molecule has 1 aliphatic heterocycles. The van der Waals surface area contributed by atoms with Gasteiger partial charge in [0, 0.05) is 28.1 Å². The highest BCUT2D eigenvalue weighted by Crippen LogP contribution is 2.39. The molecule has 6 aromatic rings. The van der Waals surface area contributed by atoms with E-state index in [-0.39, 0.29) is 11.5 Å². The largest absolute Gasteiger partial charge is 0.507 e. The van der Waals surface area contributed by atoms with Gasteiger partial charge in [-0.05, 0) is 101 Å². The highest BCUT2D eigenvalue weighted by Gasteiger charge is 2.20. The van der Waals surface area contributed by atoms with Crippen LogP contribution in [0.5, 0.6) is 11.5 Å². The van der Waals surface area contributed by atoms with Crippen LogP contribution in [-0.2, 0) is 0 Å². The van der Waals surface area contributed by atoms with E-state index >= 15 is 0 Å². The van der Waals surface area contributed by atoms with E-state index < -0.39 is 0 Å². The molecule has 0 fully saturated rings. The Morgan fingerprint density at radius 1 is 0.491 bits per heavy atom. The molecule has 3 N–H and O–H groups in total. The van der Waals surface area contributed by atoms with Crippen molar-refractivity contribution in [2.24, 2.45) is 4.99 Å². The summed E-state index contributed by atoms with van der Waals surface area (Å²) >= 11 is 0. The Hall–Kier alpha value is -5.87. The third kappa shape index (κ3) is 9.72. The molecule has 274 valence electrons. The number of rotatable bonds is 6. The number of hydrogen-bond donors (Lipinski definition) is 3.